The molecule has 1 aliphatic rings. The van der Waals surface area contributed by atoms with Gasteiger partial charge in [0.1, 0.15) is 0 Å². The first-order valence-corrected chi connectivity index (χ1v) is 5.95. The van der Waals surface area contributed by atoms with E-state index in [1.54, 1.807) is 6.92 Å². The number of amides is 1. The fraction of sp³-hybridized carbons (Fsp3) is 0.917. The van der Waals surface area contributed by atoms with Crippen molar-refractivity contribution in [2.24, 2.45) is 5.92 Å². The zero-order valence-corrected chi connectivity index (χ0v) is 10.8. The van der Waals surface area contributed by atoms with E-state index in [-0.39, 0.29) is 5.91 Å². The van der Waals surface area contributed by atoms with E-state index in [1.807, 2.05) is 32.6 Å². The second-order valence-electron chi connectivity index (χ2n) is 3.21. The quantitative estimate of drug-likeness (QED) is 0.589. The fourth-order valence-electron chi connectivity index (χ4n) is 1.48. The predicted molar refractivity (Wildman–Crippen MR) is 63.3 cm³/mol. The summed E-state index contributed by atoms with van der Waals surface area (Å²) in [5, 5.41) is 0. The Bertz CT molecular complexity index is 134. The van der Waals surface area contributed by atoms with E-state index in [0.29, 0.717) is 5.92 Å². The summed E-state index contributed by atoms with van der Waals surface area (Å²) in [4.78, 5) is 12.8. The molecule has 0 saturated carbocycles. The van der Waals surface area contributed by atoms with Crippen LogP contribution in [0.1, 0.15) is 54.4 Å². The molecule has 0 aromatic carbocycles. The lowest BCUT2D eigenvalue weighted by molar-refractivity contribution is -0.130. The molecule has 1 amide bonds. The van der Waals surface area contributed by atoms with Crippen LogP contribution < -0.4 is 0 Å². The summed E-state index contributed by atoms with van der Waals surface area (Å²) >= 11 is 0. The summed E-state index contributed by atoms with van der Waals surface area (Å²) in [5.74, 6) is 0.934. The number of carbonyl (C=O) groups is 1. The van der Waals surface area contributed by atoms with Gasteiger partial charge in [0.25, 0.3) is 0 Å². The molecule has 1 unspecified atom stereocenters. The molecular weight excluding hydrogens is 174 g/mol. The third kappa shape index (κ3) is 6.93. The molecule has 14 heavy (non-hydrogen) atoms. The molecule has 0 aromatic heterocycles. The van der Waals surface area contributed by atoms with Gasteiger partial charge in [0.05, 0.1) is 0 Å². The maximum atomic E-state index is 10.9. The van der Waals surface area contributed by atoms with Gasteiger partial charge in [0.15, 0.2) is 0 Å². The lowest BCUT2D eigenvalue weighted by atomic mass is 10.0. The molecule has 1 aliphatic heterocycles. The topological polar surface area (TPSA) is 20.3 Å². The summed E-state index contributed by atoms with van der Waals surface area (Å²) in [6.07, 6.45) is 2.46. The van der Waals surface area contributed by atoms with Gasteiger partial charge in [-0.1, -0.05) is 34.6 Å². The number of hydrogen-bond acceptors (Lipinski definition) is 1. The zero-order valence-electron chi connectivity index (χ0n) is 10.8. The third-order valence-electron chi connectivity index (χ3n) is 2.10. The van der Waals surface area contributed by atoms with Crippen LogP contribution in [-0.2, 0) is 4.79 Å². The Kier molecular flexibility index (Phi) is 12.0. The van der Waals surface area contributed by atoms with E-state index in [0.717, 1.165) is 13.1 Å². The molecule has 1 rings (SSSR count). The Morgan fingerprint density at radius 1 is 1.21 bits per heavy atom. The van der Waals surface area contributed by atoms with Crippen LogP contribution in [0.2, 0.25) is 0 Å². The molecule has 0 aromatic rings. The summed E-state index contributed by atoms with van der Waals surface area (Å²) in [7, 11) is 0. The van der Waals surface area contributed by atoms with E-state index in [9.17, 15) is 4.79 Å². The van der Waals surface area contributed by atoms with Gasteiger partial charge in [-0.15, -0.1) is 0 Å². The first kappa shape index (κ1) is 15.9. The van der Waals surface area contributed by atoms with E-state index >= 15 is 0 Å². The van der Waals surface area contributed by atoms with Crippen LogP contribution in [0, 0.1) is 5.92 Å². The fourth-order valence-corrected chi connectivity index (χ4v) is 1.48. The van der Waals surface area contributed by atoms with Crippen molar-refractivity contribution in [1.82, 2.24) is 4.90 Å². The van der Waals surface area contributed by atoms with Crippen molar-refractivity contribution in [2.45, 2.75) is 54.4 Å². The highest BCUT2D eigenvalue weighted by atomic mass is 16.2. The van der Waals surface area contributed by atoms with Gasteiger partial charge >= 0.3 is 0 Å². The minimum atomic E-state index is 0.228. The maximum Gasteiger partial charge on any atom is 0.219 e. The van der Waals surface area contributed by atoms with Crippen LogP contribution in [0.5, 0.6) is 0 Å². The van der Waals surface area contributed by atoms with Crippen molar-refractivity contribution >= 4 is 5.91 Å². The number of carbonyl (C=O) groups excluding carboxylic acids is 1. The number of likely N-dealkylation sites (tertiary alicyclic amines) is 1. The van der Waals surface area contributed by atoms with E-state index in [2.05, 4.69) is 6.92 Å². The minimum Gasteiger partial charge on any atom is -0.343 e. The lowest BCUT2D eigenvalue weighted by Gasteiger charge is -2.29. The molecule has 1 saturated heterocycles. The number of hydrogen-bond donors (Lipinski definition) is 0. The molecule has 1 heterocycles. The SMILES string of the molecule is CC.CC.CC(=O)N1CCCC(C)C1. The smallest absolute Gasteiger partial charge is 0.219 e. The van der Waals surface area contributed by atoms with Crippen LogP contribution in [-0.4, -0.2) is 23.9 Å². The van der Waals surface area contributed by atoms with Crippen molar-refractivity contribution < 1.29 is 4.79 Å². The molecule has 1 atom stereocenters. The summed E-state index contributed by atoms with van der Waals surface area (Å²) < 4.78 is 0. The molecule has 1 fully saturated rings. The Morgan fingerprint density at radius 3 is 2.00 bits per heavy atom. The Balaban J connectivity index is 0. The molecule has 0 aliphatic carbocycles. The van der Waals surface area contributed by atoms with Gasteiger partial charge in [-0.2, -0.15) is 0 Å². The second-order valence-corrected chi connectivity index (χ2v) is 3.21. The van der Waals surface area contributed by atoms with Gasteiger partial charge in [-0.25, -0.2) is 0 Å². The zero-order chi connectivity index (χ0) is 11.6. The second kappa shape index (κ2) is 10.6. The largest absolute Gasteiger partial charge is 0.343 e. The highest BCUT2D eigenvalue weighted by Crippen LogP contribution is 2.14. The van der Waals surface area contributed by atoms with Crippen LogP contribution >= 0.6 is 0 Å². The predicted octanol–water partition coefficient (Wildman–Crippen LogP) is 3.32. The summed E-state index contributed by atoms with van der Waals surface area (Å²) in [6.45, 7) is 13.8. The Labute approximate surface area is 89.7 Å². The molecular formula is C12H27NO. The highest BCUT2D eigenvalue weighted by molar-refractivity contribution is 5.73. The maximum absolute atomic E-state index is 10.9. The van der Waals surface area contributed by atoms with E-state index in [1.165, 1.54) is 12.8 Å². The van der Waals surface area contributed by atoms with Crippen LogP contribution in [0.25, 0.3) is 0 Å². The van der Waals surface area contributed by atoms with Crippen LogP contribution in [0.15, 0.2) is 0 Å². The number of piperidine rings is 1. The Hall–Kier alpha value is -0.530. The number of rotatable bonds is 0. The normalized spacial score (nSPS) is 19.9. The van der Waals surface area contributed by atoms with E-state index < -0.39 is 0 Å². The molecule has 86 valence electrons. The third-order valence-corrected chi connectivity index (χ3v) is 2.10. The lowest BCUT2D eigenvalue weighted by Crippen LogP contribution is -2.37. The van der Waals surface area contributed by atoms with Crippen molar-refractivity contribution in [3.05, 3.63) is 0 Å². The average molecular weight is 201 g/mol. The molecule has 2 heteroatoms. The first-order chi connectivity index (χ1) is 6.70. The highest BCUT2D eigenvalue weighted by Gasteiger charge is 2.17. The Morgan fingerprint density at radius 2 is 1.71 bits per heavy atom. The van der Waals surface area contributed by atoms with Gasteiger partial charge in [-0.05, 0) is 18.8 Å². The molecule has 0 radical (unpaired) electrons. The summed E-state index contributed by atoms with van der Waals surface area (Å²) in [5.41, 5.74) is 0. The van der Waals surface area contributed by atoms with Crippen LogP contribution in [0.4, 0.5) is 0 Å². The van der Waals surface area contributed by atoms with Crippen molar-refractivity contribution in [1.29, 1.82) is 0 Å². The van der Waals surface area contributed by atoms with Crippen molar-refractivity contribution in [3.8, 4) is 0 Å². The van der Waals surface area contributed by atoms with Crippen molar-refractivity contribution in [3.63, 3.8) is 0 Å². The van der Waals surface area contributed by atoms with Gasteiger partial charge in [0, 0.05) is 20.0 Å². The van der Waals surface area contributed by atoms with Crippen molar-refractivity contribution in [2.75, 3.05) is 13.1 Å². The first-order valence-electron chi connectivity index (χ1n) is 5.95. The standard InChI is InChI=1S/C8H15NO.2C2H6/c1-7-4-3-5-9(6-7)8(2)10;2*1-2/h7H,3-6H2,1-2H3;2*1-2H3. The number of nitrogens with zero attached hydrogens (tertiary/aromatic N) is 1. The molecule has 2 nitrogen and oxygen atoms in total. The van der Waals surface area contributed by atoms with Gasteiger partial charge in [-0.3, -0.25) is 4.79 Å². The minimum absolute atomic E-state index is 0.228. The average Bonchev–Trinajstić information content (AvgIpc) is 2.24. The van der Waals surface area contributed by atoms with Gasteiger partial charge in [0.2, 0.25) is 5.91 Å². The van der Waals surface area contributed by atoms with Crippen LogP contribution in [0.3, 0.4) is 0 Å². The monoisotopic (exact) mass is 201 g/mol. The molecule has 0 bridgehead atoms. The van der Waals surface area contributed by atoms with Gasteiger partial charge < -0.3 is 4.90 Å². The van der Waals surface area contributed by atoms with E-state index in [4.69, 9.17) is 0 Å². The molecule has 0 N–H and O–H groups in total. The summed E-state index contributed by atoms with van der Waals surface area (Å²) in [6, 6.07) is 0. The molecule has 0 spiro atoms.